The third-order valence-corrected chi connectivity index (χ3v) is 5.70. The summed E-state index contributed by atoms with van der Waals surface area (Å²) < 4.78 is 39.6. The fourth-order valence-corrected chi connectivity index (χ4v) is 4.17. The lowest BCUT2D eigenvalue weighted by molar-refractivity contribution is -0.157. The molecule has 0 aliphatic carbocycles. The number of hydrogen-bond donors (Lipinski definition) is 3. The van der Waals surface area contributed by atoms with Crippen LogP contribution in [0.5, 0.6) is 5.75 Å². The van der Waals surface area contributed by atoms with Gasteiger partial charge >= 0.3 is 5.97 Å². The third-order valence-electron chi connectivity index (χ3n) is 4.18. The number of nitrogens with two attached hydrogens (primary N) is 1. The van der Waals surface area contributed by atoms with Gasteiger partial charge < -0.3 is 20.5 Å². The van der Waals surface area contributed by atoms with Crippen LogP contribution in [0.1, 0.15) is 39.7 Å². The summed E-state index contributed by atoms with van der Waals surface area (Å²) in [5.74, 6) is -2.25. The highest BCUT2D eigenvalue weighted by atomic mass is 32.2. The molecule has 0 radical (unpaired) electrons. The zero-order chi connectivity index (χ0) is 25.5. The van der Waals surface area contributed by atoms with Gasteiger partial charge in [-0.1, -0.05) is 30.3 Å². The molecule has 11 heteroatoms. The molecule has 4 N–H and O–H groups in total. The second-order valence-corrected chi connectivity index (χ2v) is 10.2. The number of carbonyl (C=O) groups excluding carboxylic acids is 3. The lowest BCUT2D eigenvalue weighted by Gasteiger charge is -2.24. The molecular weight excluding hydrogens is 462 g/mol. The first-order valence-electron chi connectivity index (χ1n) is 10.4. The third kappa shape index (κ3) is 8.49. The number of ether oxygens (including phenoxy) is 2. The van der Waals surface area contributed by atoms with Crippen LogP contribution in [0.4, 0.5) is 5.69 Å². The maximum absolute atomic E-state index is 13.2. The highest BCUT2D eigenvalue weighted by Crippen LogP contribution is 2.29. The summed E-state index contributed by atoms with van der Waals surface area (Å²) in [7, 11) is -4.38. The summed E-state index contributed by atoms with van der Waals surface area (Å²) in [6, 6.07) is 11.5. The number of amides is 2. The van der Waals surface area contributed by atoms with Crippen LogP contribution in [0, 0.1) is 0 Å². The van der Waals surface area contributed by atoms with E-state index in [0.29, 0.717) is 5.69 Å². The van der Waals surface area contributed by atoms with E-state index in [2.05, 4.69) is 10.0 Å². The van der Waals surface area contributed by atoms with E-state index in [-0.39, 0.29) is 23.2 Å². The lowest BCUT2D eigenvalue weighted by atomic mass is 10.1. The van der Waals surface area contributed by atoms with Crippen molar-refractivity contribution in [1.29, 1.82) is 0 Å². The second kappa shape index (κ2) is 11.1. The smallest absolute Gasteiger partial charge is 0.325 e. The molecule has 184 valence electrons. The minimum absolute atomic E-state index is 0.0453. The number of anilines is 1. The van der Waals surface area contributed by atoms with Crippen molar-refractivity contribution in [2.45, 2.75) is 57.3 Å². The normalized spacial score (nSPS) is 12.5. The average Bonchev–Trinajstić information content (AvgIpc) is 2.70. The van der Waals surface area contributed by atoms with Crippen LogP contribution in [-0.4, -0.2) is 37.8 Å². The monoisotopic (exact) mass is 491 g/mol. The zero-order valence-corrected chi connectivity index (χ0v) is 20.3. The van der Waals surface area contributed by atoms with Crippen molar-refractivity contribution >= 4 is 33.5 Å². The van der Waals surface area contributed by atoms with Crippen LogP contribution in [-0.2, 0) is 35.8 Å². The van der Waals surface area contributed by atoms with E-state index < -0.39 is 40.0 Å². The van der Waals surface area contributed by atoms with E-state index in [1.54, 1.807) is 45.0 Å². The van der Waals surface area contributed by atoms with Crippen LogP contribution in [0.3, 0.4) is 0 Å². The largest absolute Gasteiger partial charge is 0.487 e. The van der Waals surface area contributed by atoms with Gasteiger partial charge in [-0.3, -0.25) is 14.4 Å². The van der Waals surface area contributed by atoms with Crippen molar-refractivity contribution in [2.75, 3.05) is 5.32 Å². The Labute approximate surface area is 198 Å². The Bertz CT molecular complexity index is 1140. The van der Waals surface area contributed by atoms with Gasteiger partial charge in [0.1, 0.15) is 28.9 Å². The minimum atomic E-state index is -4.38. The van der Waals surface area contributed by atoms with Crippen molar-refractivity contribution in [3.8, 4) is 5.75 Å². The number of nitrogens with one attached hydrogen (secondary N) is 2. The van der Waals surface area contributed by atoms with Crippen molar-refractivity contribution in [3.63, 3.8) is 0 Å². The molecule has 2 amide bonds. The summed E-state index contributed by atoms with van der Waals surface area (Å²) in [6.07, 6.45) is -0.599. The van der Waals surface area contributed by atoms with Gasteiger partial charge in [0.2, 0.25) is 21.8 Å². The van der Waals surface area contributed by atoms with Crippen LogP contribution in [0.15, 0.2) is 53.4 Å². The second-order valence-electron chi connectivity index (χ2n) is 8.49. The maximum atomic E-state index is 13.2. The summed E-state index contributed by atoms with van der Waals surface area (Å²) in [5.41, 5.74) is 5.40. The lowest BCUT2D eigenvalue weighted by Crippen LogP contribution is -2.46. The molecule has 10 nitrogen and oxygen atoms in total. The van der Waals surface area contributed by atoms with Gasteiger partial charge in [0.05, 0.1) is 6.42 Å². The molecule has 0 aromatic heterocycles. The number of primary amides is 1. The van der Waals surface area contributed by atoms with Crippen LogP contribution < -0.4 is 20.5 Å². The topological polar surface area (TPSA) is 154 Å². The SMILES string of the molecule is CC(=O)Nc1ccc(S(=O)(=O)N[C@@H](CC(N)=O)C(=O)OC(C)(C)C)c(OCc2ccccc2)c1. The molecule has 0 aliphatic rings. The summed E-state index contributed by atoms with van der Waals surface area (Å²) in [5, 5.41) is 2.56. The number of benzene rings is 2. The molecule has 34 heavy (non-hydrogen) atoms. The Kier molecular flexibility index (Phi) is 8.77. The van der Waals surface area contributed by atoms with Crippen molar-refractivity contribution in [1.82, 2.24) is 4.72 Å². The van der Waals surface area contributed by atoms with Crippen molar-refractivity contribution < 1.29 is 32.3 Å². The first kappa shape index (κ1) is 26.8. The summed E-state index contributed by atoms with van der Waals surface area (Å²) in [6.45, 7) is 6.18. The number of rotatable bonds is 10. The van der Waals surface area contributed by atoms with Crippen molar-refractivity contribution in [2.24, 2.45) is 5.73 Å². The molecule has 1 atom stereocenters. The van der Waals surface area contributed by atoms with Gasteiger partial charge in [0.15, 0.2) is 0 Å². The Hall–Kier alpha value is -3.44. The van der Waals surface area contributed by atoms with Crippen molar-refractivity contribution in [3.05, 3.63) is 54.1 Å². The predicted octanol–water partition coefficient (Wildman–Crippen LogP) is 2.09. The highest BCUT2D eigenvalue weighted by molar-refractivity contribution is 7.89. The molecule has 0 saturated heterocycles. The standard InChI is InChI=1S/C23H29N3O7S/c1-15(27)25-17-10-11-20(19(12-17)32-14-16-8-6-5-7-9-16)34(30,31)26-18(13-21(24)28)22(29)33-23(2,3)4/h5-12,18,26H,13-14H2,1-4H3,(H2,24,28)(H,25,27)/t18-/m0/s1. The van der Waals surface area contributed by atoms with Crippen LogP contribution in [0.2, 0.25) is 0 Å². The van der Waals surface area contributed by atoms with Crippen LogP contribution >= 0.6 is 0 Å². The predicted molar refractivity (Wildman–Crippen MR) is 125 cm³/mol. The molecule has 2 rings (SSSR count). The first-order chi connectivity index (χ1) is 15.8. The molecule has 2 aromatic carbocycles. The Balaban J connectivity index is 2.40. The molecule has 0 saturated carbocycles. The average molecular weight is 492 g/mol. The molecule has 0 bridgehead atoms. The van der Waals surface area contributed by atoms with E-state index in [4.69, 9.17) is 15.2 Å². The van der Waals surface area contributed by atoms with E-state index in [1.165, 1.54) is 25.1 Å². The summed E-state index contributed by atoms with van der Waals surface area (Å²) >= 11 is 0. The van der Waals surface area contributed by atoms with Gasteiger partial charge in [-0.25, -0.2) is 8.42 Å². The molecular formula is C23H29N3O7S. The molecule has 2 aromatic rings. The van der Waals surface area contributed by atoms with Gasteiger partial charge in [0.25, 0.3) is 0 Å². The van der Waals surface area contributed by atoms with Gasteiger partial charge in [0, 0.05) is 18.7 Å². The fourth-order valence-electron chi connectivity index (χ4n) is 2.86. The molecule has 0 spiro atoms. The number of hydrogen-bond acceptors (Lipinski definition) is 7. The Morgan fingerprint density at radius 2 is 1.71 bits per heavy atom. The fraction of sp³-hybridized carbons (Fsp3) is 0.348. The molecule has 0 heterocycles. The van der Waals surface area contributed by atoms with E-state index in [9.17, 15) is 22.8 Å². The quantitative estimate of drug-likeness (QED) is 0.430. The molecule has 0 fully saturated rings. The minimum Gasteiger partial charge on any atom is -0.487 e. The first-order valence-corrected chi connectivity index (χ1v) is 11.9. The van der Waals surface area contributed by atoms with Crippen LogP contribution in [0.25, 0.3) is 0 Å². The Morgan fingerprint density at radius 3 is 2.26 bits per heavy atom. The Morgan fingerprint density at radius 1 is 1.06 bits per heavy atom. The van der Waals surface area contributed by atoms with E-state index >= 15 is 0 Å². The number of esters is 1. The van der Waals surface area contributed by atoms with E-state index in [1.807, 2.05) is 6.07 Å². The maximum Gasteiger partial charge on any atom is 0.325 e. The highest BCUT2D eigenvalue weighted by Gasteiger charge is 2.32. The number of sulfonamides is 1. The molecule has 0 aliphatic heterocycles. The zero-order valence-electron chi connectivity index (χ0n) is 19.5. The van der Waals surface area contributed by atoms with Gasteiger partial charge in [-0.2, -0.15) is 4.72 Å². The molecule has 0 unspecified atom stereocenters. The number of carbonyl (C=O) groups is 3. The van der Waals surface area contributed by atoms with E-state index in [0.717, 1.165) is 5.56 Å². The van der Waals surface area contributed by atoms with Gasteiger partial charge in [-0.15, -0.1) is 0 Å². The summed E-state index contributed by atoms with van der Waals surface area (Å²) in [4.78, 5) is 35.2. The van der Waals surface area contributed by atoms with Gasteiger partial charge in [-0.05, 0) is 38.5 Å².